The molecule has 0 aromatic heterocycles. The van der Waals surface area contributed by atoms with E-state index in [0.717, 1.165) is 0 Å². The number of rotatable bonds is 0. The first-order valence-electron chi connectivity index (χ1n) is 0.224. The van der Waals surface area contributed by atoms with Gasteiger partial charge in [-0.3, -0.25) is 0 Å². The summed E-state index contributed by atoms with van der Waals surface area (Å²) < 4.78 is 0. The van der Waals surface area contributed by atoms with Crippen LogP contribution in [0.1, 0.15) is 0 Å². The third kappa shape index (κ3) is 9.40. The molecule has 0 spiro atoms. The summed E-state index contributed by atoms with van der Waals surface area (Å²) in [7, 11) is 0. The second-order valence-electron chi connectivity index (χ2n) is 0. The van der Waals surface area contributed by atoms with Gasteiger partial charge in [0.25, 0.3) is 0 Å². The topological polar surface area (TPSA) is 23.8 Å². The molecule has 0 heterocycles. The molecule has 1 nitrogen and oxygen atoms in total. The monoisotopic (exact) mass is 117 g/mol. The van der Waals surface area contributed by atoms with Crippen LogP contribution in [0.25, 0.3) is 0 Å². The minimum Gasteiger partial charge on any atom is -0.512 e. The molecule has 0 amide bonds. The third-order valence-corrected chi connectivity index (χ3v) is 0. The van der Waals surface area contributed by atoms with E-state index < -0.39 is 0 Å². The first-order valence-corrected chi connectivity index (χ1v) is 0.224. The fraction of sp³-hybridized carbons (Fsp3) is 0. The van der Waals surface area contributed by atoms with Crippen LogP contribution in [-0.2, 0) is 17.4 Å². The summed E-state index contributed by atoms with van der Waals surface area (Å²) in [5.41, 5.74) is 0. The van der Waals surface area contributed by atoms with Gasteiger partial charge in [0, 0.05) is 17.4 Å². The summed E-state index contributed by atoms with van der Waals surface area (Å²) in [5.74, 6) is 0. The fourth-order valence-electron chi connectivity index (χ4n) is 0. The van der Waals surface area contributed by atoms with E-state index in [1.165, 1.54) is 0 Å². The Morgan fingerprint density at radius 3 is 1.25 bits per heavy atom. The van der Waals surface area contributed by atoms with Crippen molar-refractivity contribution >= 4 is 0 Å². The molecule has 0 aromatic carbocycles. The maximum Gasteiger partial charge on any atom is 1.00 e. The smallest absolute Gasteiger partial charge is 0.512 e. The minimum absolute atomic E-state index is 0. The van der Waals surface area contributed by atoms with Crippen molar-refractivity contribution < 1.29 is 68.7 Å². The Morgan fingerprint density at radius 2 is 1.25 bits per heavy atom. The molecular formula is CCrKN. The molecule has 0 radical (unpaired) electrons. The van der Waals surface area contributed by atoms with Crippen molar-refractivity contribution in [3.63, 3.8) is 0 Å². The van der Waals surface area contributed by atoms with E-state index in [1.807, 2.05) is 0 Å². The van der Waals surface area contributed by atoms with E-state index >= 15 is 0 Å². The summed E-state index contributed by atoms with van der Waals surface area (Å²) in [6.45, 7) is 4.75. The van der Waals surface area contributed by atoms with Gasteiger partial charge in [-0.25, -0.2) is 0 Å². The fourth-order valence-corrected chi connectivity index (χ4v) is 0. The molecule has 0 saturated heterocycles. The summed E-state index contributed by atoms with van der Waals surface area (Å²) >= 11 is 0. The summed E-state index contributed by atoms with van der Waals surface area (Å²) in [6.07, 6.45) is 0. The molecule has 0 aliphatic heterocycles. The van der Waals surface area contributed by atoms with E-state index in [4.69, 9.17) is 11.8 Å². The van der Waals surface area contributed by atoms with Gasteiger partial charge in [-0.15, -0.1) is 0 Å². The van der Waals surface area contributed by atoms with Crippen molar-refractivity contribution in [1.29, 1.82) is 5.26 Å². The maximum atomic E-state index is 6.25. The molecule has 16 valence electrons. The van der Waals surface area contributed by atoms with Crippen molar-refractivity contribution in [2.75, 3.05) is 0 Å². The molecule has 0 aliphatic rings. The molecule has 0 saturated carbocycles. The zero-order valence-corrected chi connectivity index (χ0v) is 6.75. The average Bonchev–Trinajstić information content (AvgIpc) is 1.00. The van der Waals surface area contributed by atoms with Crippen LogP contribution in [0.4, 0.5) is 0 Å². The van der Waals surface area contributed by atoms with Crippen LogP contribution in [0, 0.1) is 11.8 Å². The summed E-state index contributed by atoms with van der Waals surface area (Å²) in [4.78, 5) is 0. The van der Waals surface area contributed by atoms with Gasteiger partial charge < -0.3 is 11.8 Å². The number of nitrogens with zero attached hydrogens (tertiary/aromatic N) is 1. The van der Waals surface area contributed by atoms with E-state index in [-0.39, 0.29) is 68.7 Å². The maximum absolute atomic E-state index is 6.25. The standard InChI is InChI=1S/CN.Cr.K/c1-2;;/q-1;;+1. The van der Waals surface area contributed by atoms with Crippen LogP contribution in [-0.4, -0.2) is 0 Å². The van der Waals surface area contributed by atoms with Crippen molar-refractivity contribution in [3.05, 3.63) is 6.57 Å². The van der Waals surface area contributed by atoms with Gasteiger partial charge in [0.1, 0.15) is 0 Å². The molecule has 0 bridgehead atoms. The van der Waals surface area contributed by atoms with E-state index in [9.17, 15) is 0 Å². The van der Waals surface area contributed by atoms with Gasteiger partial charge in [-0.1, -0.05) is 0 Å². The largest absolute Gasteiger partial charge is 1.00 e. The van der Waals surface area contributed by atoms with Gasteiger partial charge >= 0.3 is 51.4 Å². The molecule has 0 aromatic rings. The molecule has 0 unspecified atom stereocenters. The number of hydrogen-bond acceptors (Lipinski definition) is 1. The Kier molecular flexibility index (Phi) is 98.4. The van der Waals surface area contributed by atoms with Gasteiger partial charge in [0.05, 0.1) is 0 Å². The Bertz CT molecular complexity index is 12.8. The second kappa shape index (κ2) is 22.7. The van der Waals surface area contributed by atoms with Crippen molar-refractivity contribution in [2.45, 2.75) is 0 Å². The van der Waals surface area contributed by atoms with Gasteiger partial charge in [0.15, 0.2) is 0 Å². The zero-order valence-electron chi connectivity index (χ0n) is 2.36. The molecule has 0 fully saturated rings. The first kappa shape index (κ1) is 17.4. The van der Waals surface area contributed by atoms with Crippen LogP contribution in [0.3, 0.4) is 0 Å². The molecule has 0 rings (SSSR count). The van der Waals surface area contributed by atoms with E-state index in [0.29, 0.717) is 0 Å². The predicted molar refractivity (Wildman–Crippen MR) is 4.97 cm³/mol. The Hall–Kier alpha value is 1.66. The van der Waals surface area contributed by atoms with Crippen molar-refractivity contribution in [3.8, 4) is 0 Å². The van der Waals surface area contributed by atoms with Gasteiger partial charge in [-0.2, -0.15) is 0 Å². The predicted octanol–water partition coefficient (Wildman–Crippen LogP) is -2.90. The first-order chi connectivity index (χ1) is 1.00. The third-order valence-electron chi connectivity index (χ3n) is 0. The molecular weight excluding hydrogens is 117 g/mol. The molecule has 4 heavy (non-hydrogen) atoms. The van der Waals surface area contributed by atoms with Crippen LogP contribution in [0.15, 0.2) is 0 Å². The second-order valence-corrected chi connectivity index (χ2v) is 0. The summed E-state index contributed by atoms with van der Waals surface area (Å²) in [5, 5.41) is 6.25. The Morgan fingerprint density at radius 1 is 1.25 bits per heavy atom. The Balaban J connectivity index is -0.00000000500. The molecule has 0 aliphatic carbocycles. The van der Waals surface area contributed by atoms with Crippen LogP contribution < -0.4 is 51.4 Å². The van der Waals surface area contributed by atoms with Crippen molar-refractivity contribution in [2.24, 2.45) is 0 Å². The van der Waals surface area contributed by atoms with E-state index in [1.54, 1.807) is 0 Å². The number of hydrogen-bond donors (Lipinski definition) is 0. The summed E-state index contributed by atoms with van der Waals surface area (Å²) in [6, 6.07) is 0. The molecule has 3 heteroatoms. The van der Waals surface area contributed by atoms with Gasteiger partial charge in [-0.05, 0) is 0 Å². The van der Waals surface area contributed by atoms with Gasteiger partial charge in [0.2, 0.25) is 0 Å². The minimum atomic E-state index is 0. The quantitative estimate of drug-likeness (QED) is 0.246. The molecule has 0 atom stereocenters. The normalized spacial score (nSPS) is 0.500. The Labute approximate surface area is 78.9 Å². The SMILES string of the molecule is [C-]#N.[Cr].[K+]. The molecule has 0 N–H and O–H groups in total. The van der Waals surface area contributed by atoms with Crippen molar-refractivity contribution in [1.82, 2.24) is 0 Å². The van der Waals surface area contributed by atoms with Crippen LogP contribution in [0.5, 0.6) is 0 Å². The van der Waals surface area contributed by atoms with E-state index in [2.05, 4.69) is 0 Å². The zero-order chi connectivity index (χ0) is 2.00. The van der Waals surface area contributed by atoms with Crippen LogP contribution in [0.2, 0.25) is 0 Å². The average molecular weight is 117 g/mol. The van der Waals surface area contributed by atoms with Crippen LogP contribution >= 0.6 is 0 Å².